The molecule has 1 saturated heterocycles. The first-order valence-corrected chi connectivity index (χ1v) is 8.71. The van der Waals surface area contributed by atoms with Crippen LogP contribution in [0, 0.1) is 6.92 Å². The van der Waals surface area contributed by atoms with Crippen LogP contribution in [0.1, 0.15) is 40.6 Å². The summed E-state index contributed by atoms with van der Waals surface area (Å²) in [7, 11) is 1.58. The molecule has 134 valence electrons. The van der Waals surface area contributed by atoms with Gasteiger partial charge < -0.3 is 15.4 Å². The Morgan fingerprint density at radius 1 is 1.44 bits per heavy atom. The summed E-state index contributed by atoms with van der Waals surface area (Å²) in [6, 6.07) is 5.62. The van der Waals surface area contributed by atoms with Gasteiger partial charge in [-0.2, -0.15) is 0 Å². The van der Waals surface area contributed by atoms with Crippen molar-refractivity contribution in [2.24, 2.45) is 0 Å². The van der Waals surface area contributed by atoms with Crippen molar-refractivity contribution in [3.05, 3.63) is 40.2 Å². The minimum atomic E-state index is -0.241. The van der Waals surface area contributed by atoms with E-state index in [-0.39, 0.29) is 5.91 Å². The smallest absolute Gasteiger partial charge is 0.274 e. The first-order valence-electron chi connectivity index (χ1n) is 8.33. The average Bonchev–Trinajstić information content (AvgIpc) is 3.02. The minimum Gasteiger partial charge on any atom is -0.496 e. The summed E-state index contributed by atoms with van der Waals surface area (Å²) in [5.74, 6) is 0.401. The Bertz CT molecular complexity index is 755. The number of hydrogen-bond acceptors (Lipinski definition) is 5. The van der Waals surface area contributed by atoms with Crippen LogP contribution in [-0.2, 0) is 6.54 Å². The molecule has 2 aromatic rings. The van der Waals surface area contributed by atoms with E-state index in [1.165, 1.54) is 0 Å². The Balaban J connectivity index is 1.69. The van der Waals surface area contributed by atoms with Crippen LogP contribution >= 0.6 is 11.6 Å². The zero-order chi connectivity index (χ0) is 17.8. The summed E-state index contributed by atoms with van der Waals surface area (Å²) >= 11 is 5.96. The second kappa shape index (κ2) is 7.84. The van der Waals surface area contributed by atoms with E-state index in [0.717, 1.165) is 37.2 Å². The maximum Gasteiger partial charge on any atom is 0.274 e. The van der Waals surface area contributed by atoms with Crippen LogP contribution in [0.4, 0.5) is 0 Å². The lowest BCUT2D eigenvalue weighted by atomic mass is 10.1. The highest BCUT2D eigenvalue weighted by atomic mass is 35.5. The number of nitrogens with zero attached hydrogens (tertiary/aromatic N) is 3. The van der Waals surface area contributed by atoms with Gasteiger partial charge >= 0.3 is 0 Å². The van der Waals surface area contributed by atoms with Crippen LogP contribution in [0.3, 0.4) is 0 Å². The molecule has 0 spiro atoms. The second-order valence-electron chi connectivity index (χ2n) is 6.09. The number of hydrogen-bond donors (Lipinski definition) is 2. The molecule has 1 aliphatic heterocycles. The lowest BCUT2D eigenvalue weighted by molar-refractivity contribution is 0.0945. The molecule has 0 aliphatic carbocycles. The van der Waals surface area contributed by atoms with E-state index in [0.29, 0.717) is 29.1 Å². The number of amides is 1. The molecule has 1 aliphatic rings. The van der Waals surface area contributed by atoms with Gasteiger partial charge in [-0.3, -0.25) is 4.79 Å². The highest BCUT2D eigenvalue weighted by Crippen LogP contribution is 2.23. The van der Waals surface area contributed by atoms with E-state index in [2.05, 4.69) is 20.9 Å². The first kappa shape index (κ1) is 17.7. The van der Waals surface area contributed by atoms with Gasteiger partial charge in [0.25, 0.3) is 5.91 Å². The van der Waals surface area contributed by atoms with Crippen LogP contribution in [0.5, 0.6) is 5.75 Å². The molecule has 1 amide bonds. The molecule has 2 heterocycles. The maximum absolute atomic E-state index is 12.5. The van der Waals surface area contributed by atoms with Gasteiger partial charge in [-0.05, 0) is 45.0 Å². The third kappa shape index (κ3) is 3.93. The van der Waals surface area contributed by atoms with Crippen molar-refractivity contribution in [3.8, 4) is 5.75 Å². The topological polar surface area (TPSA) is 81.1 Å². The Labute approximate surface area is 151 Å². The van der Waals surface area contributed by atoms with Crippen molar-refractivity contribution in [2.75, 3.05) is 20.2 Å². The molecule has 0 saturated carbocycles. The van der Waals surface area contributed by atoms with Crippen molar-refractivity contribution in [3.63, 3.8) is 0 Å². The Kier molecular flexibility index (Phi) is 5.55. The average molecular weight is 364 g/mol. The van der Waals surface area contributed by atoms with E-state index >= 15 is 0 Å². The van der Waals surface area contributed by atoms with Gasteiger partial charge in [-0.1, -0.05) is 22.9 Å². The predicted octanol–water partition coefficient (Wildman–Crippen LogP) is 2.10. The number of ether oxygens (including phenoxy) is 1. The number of piperidine rings is 1. The molecule has 2 N–H and O–H groups in total. The normalized spacial score (nSPS) is 15.2. The molecule has 0 bridgehead atoms. The van der Waals surface area contributed by atoms with Gasteiger partial charge in [0, 0.05) is 17.1 Å². The van der Waals surface area contributed by atoms with Crippen LogP contribution < -0.4 is 15.4 Å². The molecule has 0 radical (unpaired) electrons. The SMILES string of the molecule is COc1cc(Cl)ccc1CNC(=O)c1nnn(C2CCNCC2)c1C. The van der Waals surface area contributed by atoms with Crippen LogP contribution in [0.15, 0.2) is 18.2 Å². The summed E-state index contributed by atoms with van der Waals surface area (Å²) in [6.07, 6.45) is 1.99. The summed E-state index contributed by atoms with van der Waals surface area (Å²) in [5.41, 5.74) is 2.02. The lowest BCUT2D eigenvalue weighted by Gasteiger charge is -2.23. The number of nitrogens with one attached hydrogen (secondary N) is 2. The molecule has 7 nitrogen and oxygen atoms in total. The van der Waals surface area contributed by atoms with E-state index in [1.54, 1.807) is 19.2 Å². The van der Waals surface area contributed by atoms with Crippen molar-refractivity contribution in [1.82, 2.24) is 25.6 Å². The number of carbonyl (C=O) groups is 1. The number of carbonyl (C=O) groups excluding carboxylic acids is 1. The van der Waals surface area contributed by atoms with E-state index in [1.807, 2.05) is 17.7 Å². The fourth-order valence-corrected chi connectivity index (χ4v) is 3.23. The quantitative estimate of drug-likeness (QED) is 0.850. The van der Waals surface area contributed by atoms with Crippen molar-refractivity contribution in [1.29, 1.82) is 0 Å². The van der Waals surface area contributed by atoms with Crippen molar-refractivity contribution in [2.45, 2.75) is 32.4 Å². The minimum absolute atomic E-state index is 0.241. The molecule has 1 fully saturated rings. The van der Waals surface area contributed by atoms with Crippen LogP contribution in [-0.4, -0.2) is 41.1 Å². The van der Waals surface area contributed by atoms with Gasteiger partial charge in [0.15, 0.2) is 5.69 Å². The largest absolute Gasteiger partial charge is 0.496 e. The van der Waals surface area contributed by atoms with E-state index in [4.69, 9.17) is 16.3 Å². The number of methoxy groups -OCH3 is 1. The Morgan fingerprint density at radius 3 is 2.92 bits per heavy atom. The van der Waals surface area contributed by atoms with Crippen LogP contribution in [0.2, 0.25) is 5.02 Å². The highest BCUT2D eigenvalue weighted by molar-refractivity contribution is 6.30. The number of halogens is 1. The first-order chi connectivity index (χ1) is 12.1. The van der Waals surface area contributed by atoms with Crippen molar-refractivity contribution < 1.29 is 9.53 Å². The predicted molar refractivity (Wildman–Crippen MR) is 95.1 cm³/mol. The summed E-state index contributed by atoms with van der Waals surface area (Å²) in [5, 5.41) is 15.1. The van der Waals surface area contributed by atoms with Crippen molar-refractivity contribution >= 4 is 17.5 Å². The molecular weight excluding hydrogens is 342 g/mol. The van der Waals surface area contributed by atoms with Gasteiger partial charge in [-0.15, -0.1) is 5.10 Å². The molecule has 8 heteroatoms. The fourth-order valence-electron chi connectivity index (χ4n) is 3.07. The number of aromatic nitrogens is 3. The lowest BCUT2D eigenvalue weighted by Crippen LogP contribution is -2.30. The van der Waals surface area contributed by atoms with E-state index < -0.39 is 0 Å². The highest BCUT2D eigenvalue weighted by Gasteiger charge is 2.22. The molecule has 3 rings (SSSR count). The number of benzene rings is 1. The standard InChI is InChI=1S/C17H22ClN5O2/c1-11-16(21-22-23(11)14-5-7-19-8-6-14)17(24)20-10-12-3-4-13(18)9-15(12)25-2/h3-4,9,14,19H,5-8,10H2,1-2H3,(H,20,24). The molecule has 1 aromatic heterocycles. The third-order valence-electron chi connectivity index (χ3n) is 4.49. The molecule has 0 atom stereocenters. The Hall–Kier alpha value is -2.12. The van der Waals surface area contributed by atoms with Gasteiger partial charge in [0.2, 0.25) is 0 Å². The monoisotopic (exact) mass is 363 g/mol. The zero-order valence-corrected chi connectivity index (χ0v) is 15.1. The van der Waals surface area contributed by atoms with Gasteiger partial charge in [-0.25, -0.2) is 4.68 Å². The molecule has 25 heavy (non-hydrogen) atoms. The van der Waals surface area contributed by atoms with Gasteiger partial charge in [0.1, 0.15) is 5.75 Å². The second-order valence-corrected chi connectivity index (χ2v) is 6.52. The molecule has 0 unspecified atom stereocenters. The molecule has 1 aromatic carbocycles. The van der Waals surface area contributed by atoms with Crippen LogP contribution in [0.25, 0.3) is 0 Å². The zero-order valence-electron chi connectivity index (χ0n) is 14.4. The van der Waals surface area contributed by atoms with E-state index in [9.17, 15) is 4.79 Å². The summed E-state index contributed by atoms with van der Waals surface area (Å²) in [4.78, 5) is 12.5. The number of rotatable bonds is 5. The van der Waals surface area contributed by atoms with Gasteiger partial charge in [0.05, 0.1) is 18.8 Å². The fraction of sp³-hybridized carbons (Fsp3) is 0.471. The third-order valence-corrected chi connectivity index (χ3v) is 4.72. The maximum atomic E-state index is 12.5. The molecular formula is C17H22ClN5O2. The summed E-state index contributed by atoms with van der Waals surface area (Å²) in [6.45, 7) is 4.14. The summed E-state index contributed by atoms with van der Waals surface area (Å²) < 4.78 is 7.17. The Morgan fingerprint density at radius 2 is 2.20 bits per heavy atom.